The summed E-state index contributed by atoms with van der Waals surface area (Å²) in [7, 11) is 0. The average molecular weight is 306 g/mol. The van der Waals surface area contributed by atoms with E-state index in [2.05, 4.69) is 10.3 Å². The van der Waals surface area contributed by atoms with E-state index in [-0.39, 0.29) is 5.91 Å². The Balaban J connectivity index is 1.51. The predicted molar refractivity (Wildman–Crippen MR) is 85.2 cm³/mol. The molecule has 0 spiro atoms. The molecule has 3 rings (SSSR count). The lowest BCUT2D eigenvalue weighted by Gasteiger charge is -2.07. The van der Waals surface area contributed by atoms with Crippen LogP contribution in [0.2, 0.25) is 0 Å². The van der Waals surface area contributed by atoms with E-state index in [4.69, 9.17) is 0 Å². The Kier molecular flexibility index (Phi) is 4.47. The zero-order chi connectivity index (χ0) is 13.8. The summed E-state index contributed by atoms with van der Waals surface area (Å²) < 4.78 is 0. The molecule has 0 atom stereocenters. The number of hydrogen-bond acceptors (Lipinski definition) is 4. The van der Waals surface area contributed by atoms with Gasteiger partial charge in [-0.1, -0.05) is 31.7 Å². The van der Waals surface area contributed by atoms with E-state index < -0.39 is 0 Å². The van der Waals surface area contributed by atoms with Gasteiger partial charge in [0.2, 0.25) is 5.91 Å². The molecule has 0 unspecified atom stereocenters. The Morgan fingerprint density at radius 3 is 2.95 bits per heavy atom. The van der Waals surface area contributed by atoms with E-state index in [0.29, 0.717) is 11.6 Å². The van der Waals surface area contributed by atoms with Gasteiger partial charge < -0.3 is 5.32 Å². The van der Waals surface area contributed by atoms with Crippen LogP contribution in [-0.2, 0) is 4.79 Å². The lowest BCUT2D eigenvalue weighted by atomic mass is 10.0. The summed E-state index contributed by atoms with van der Waals surface area (Å²) in [6.45, 7) is 0. The lowest BCUT2D eigenvalue weighted by molar-refractivity contribution is -0.116. The zero-order valence-electron chi connectivity index (χ0n) is 11.3. The van der Waals surface area contributed by atoms with Gasteiger partial charge in [-0.25, -0.2) is 4.98 Å². The Bertz CT molecular complexity index is 556. The zero-order valence-corrected chi connectivity index (χ0v) is 12.9. The minimum atomic E-state index is 0.101. The molecule has 1 fully saturated rings. The quantitative estimate of drug-likeness (QED) is 0.863. The molecule has 0 radical (unpaired) electrons. The molecule has 2 heterocycles. The molecule has 5 heteroatoms. The fourth-order valence-electron chi connectivity index (χ4n) is 2.68. The molecular weight excluding hydrogens is 288 g/mol. The number of carbonyl (C=O) groups is 1. The van der Waals surface area contributed by atoms with Gasteiger partial charge in [0.1, 0.15) is 0 Å². The van der Waals surface area contributed by atoms with E-state index in [1.807, 2.05) is 22.9 Å². The summed E-state index contributed by atoms with van der Waals surface area (Å²) in [6.07, 6.45) is 6.92. The molecule has 2 aromatic rings. The minimum Gasteiger partial charge on any atom is -0.302 e. The van der Waals surface area contributed by atoms with Gasteiger partial charge in [0, 0.05) is 11.8 Å². The SMILES string of the molecule is O=C(CCC1CCCC1)Nc1nc(-c2cccs2)cs1. The normalized spacial score (nSPS) is 15.6. The average Bonchev–Trinajstić information content (AvgIpc) is 3.18. The van der Waals surface area contributed by atoms with Crippen molar-refractivity contribution >= 4 is 33.7 Å². The van der Waals surface area contributed by atoms with Crippen LogP contribution in [0.4, 0.5) is 5.13 Å². The number of carbonyl (C=O) groups excluding carboxylic acids is 1. The first kappa shape index (κ1) is 13.8. The first-order chi connectivity index (χ1) is 9.81. The summed E-state index contributed by atoms with van der Waals surface area (Å²) in [4.78, 5) is 17.5. The maximum absolute atomic E-state index is 11.9. The van der Waals surface area contributed by atoms with Crippen LogP contribution < -0.4 is 5.32 Å². The second-order valence-electron chi connectivity index (χ2n) is 5.25. The summed E-state index contributed by atoms with van der Waals surface area (Å²) in [5.74, 6) is 0.864. The molecular formula is C15H18N2OS2. The molecule has 106 valence electrons. The van der Waals surface area contributed by atoms with Crippen molar-refractivity contribution in [3.05, 3.63) is 22.9 Å². The highest BCUT2D eigenvalue weighted by Crippen LogP contribution is 2.30. The van der Waals surface area contributed by atoms with Crippen LogP contribution in [0.3, 0.4) is 0 Å². The number of anilines is 1. The third kappa shape index (κ3) is 3.46. The molecule has 1 amide bonds. The van der Waals surface area contributed by atoms with E-state index >= 15 is 0 Å². The summed E-state index contributed by atoms with van der Waals surface area (Å²) in [5.41, 5.74) is 0.955. The Hall–Kier alpha value is -1.20. The predicted octanol–water partition coefficient (Wildman–Crippen LogP) is 4.78. The number of thiophene rings is 1. The molecule has 0 saturated heterocycles. The minimum absolute atomic E-state index is 0.101. The van der Waals surface area contributed by atoms with Crippen LogP contribution in [0, 0.1) is 5.92 Å². The Morgan fingerprint density at radius 1 is 1.35 bits per heavy atom. The molecule has 3 nitrogen and oxygen atoms in total. The Morgan fingerprint density at radius 2 is 2.20 bits per heavy atom. The third-order valence-corrected chi connectivity index (χ3v) is 5.43. The maximum atomic E-state index is 11.9. The van der Waals surface area contributed by atoms with Crippen molar-refractivity contribution < 1.29 is 4.79 Å². The molecule has 0 aromatic carbocycles. The number of rotatable bonds is 5. The highest BCUT2D eigenvalue weighted by molar-refractivity contribution is 7.16. The lowest BCUT2D eigenvalue weighted by Crippen LogP contribution is -2.12. The van der Waals surface area contributed by atoms with Gasteiger partial charge in [0.25, 0.3) is 0 Å². The summed E-state index contributed by atoms with van der Waals surface area (Å²) >= 11 is 3.16. The van der Waals surface area contributed by atoms with Gasteiger partial charge in [-0.3, -0.25) is 4.79 Å². The topological polar surface area (TPSA) is 42.0 Å². The Labute approximate surface area is 127 Å². The number of aromatic nitrogens is 1. The maximum Gasteiger partial charge on any atom is 0.226 e. The summed E-state index contributed by atoms with van der Waals surface area (Å²) in [6, 6.07) is 4.06. The second-order valence-corrected chi connectivity index (χ2v) is 7.06. The van der Waals surface area contributed by atoms with Crippen LogP contribution >= 0.6 is 22.7 Å². The van der Waals surface area contributed by atoms with E-state index in [1.54, 1.807) is 11.3 Å². The van der Waals surface area contributed by atoms with Crippen molar-refractivity contribution in [2.75, 3.05) is 5.32 Å². The largest absolute Gasteiger partial charge is 0.302 e. The molecule has 1 N–H and O–H groups in total. The van der Waals surface area contributed by atoms with Crippen LogP contribution in [0.25, 0.3) is 10.6 Å². The fourth-order valence-corrected chi connectivity index (χ4v) is 4.17. The van der Waals surface area contributed by atoms with Gasteiger partial charge >= 0.3 is 0 Å². The number of thiazole rings is 1. The highest BCUT2D eigenvalue weighted by Gasteiger charge is 2.16. The standard InChI is InChI=1S/C15H18N2OS2/c18-14(8-7-11-4-1-2-5-11)17-15-16-12(10-20-15)13-6-3-9-19-13/h3,6,9-11H,1-2,4-5,7-8H2,(H,16,17,18). The van der Waals surface area contributed by atoms with E-state index in [0.717, 1.165) is 22.9 Å². The number of nitrogens with one attached hydrogen (secondary N) is 1. The molecule has 1 aliphatic carbocycles. The third-order valence-electron chi connectivity index (χ3n) is 3.78. The van der Waals surface area contributed by atoms with Crippen molar-refractivity contribution in [2.24, 2.45) is 5.92 Å². The second kappa shape index (κ2) is 6.50. The highest BCUT2D eigenvalue weighted by atomic mass is 32.1. The van der Waals surface area contributed by atoms with Crippen LogP contribution in [-0.4, -0.2) is 10.9 Å². The van der Waals surface area contributed by atoms with Crippen molar-refractivity contribution in [1.82, 2.24) is 4.98 Å². The fraction of sp³-hybridized carbons (Fsp3) is 0.467. The van der Waals surface area contributed by atoms with Crippen LogP contribution in [0.1, 0.15) is 38.5 Å². The van der Waals surface area contributed by atoms with Gasteiger partial charge in [-0.05, 0) is 23.8 Å². The monoisotopic (exact) mass is 306 g/mol. The van der Waals surface area contributed by atoms with Gasteiger partial charge in [0.15, 0.2) is 5.13 Å². The molecule has 2 aromatic heterocycles. The molecule has 20 heavy (non-hydrogen) atoms. The van der Waals surface area contributed by atoms with Gasteiger partial charge in [-0.2, -0.15) is 0 Å². The molecule has 0 aliphatic heterocycles. The number of hydrogen-bond donors (Lipinski definition) is 1. The van der Waals surface area contributed by atoms with Crippen molar-refractivity contribution in [3.8, 4) is 10.6 Å². The van der Waals surface area contributed by atoms with Crippen molar-refractivity contribution in [2.45, 2.75) is 38.5 Å². The number of nitrogens with zero attached hydrogens (tertiary/aromatic N) is 1. The van der Waals surface area contributed by atoms with Crippen LogP contribution in [0.5, 0.6) is 0 Å². The smallest absolute Gasteiger partial charge is 0.226 e. The van der Waals surface area contributed by atoms with Gasteiger partial charge in [0.05, 0.1) is 10.6 Å². The van der Waals surface area contributed by atoms with Crippen LogP contribution in [0.15, 0.2) is 22.9 Å². The van der Waals surface area contributed by atoms with Gasteiger partial charge in [-0.15, -0.1) is 22.7 Å². The molecule has 0 bridgehead atoms. The first-order valence-electron chi connectivity index (χ1n) is 7.10. The van der Waals surface area contributed by atoms with Crippen molar-refractivity contribution in [3.63, 3.8) is 0 Å². The van der Waals surface area contributed by atoms with Crippen molar-refractivity contribution in [1.29, 1.82) is 0 Å². The van der Waals surface area contributed by atoms with E-state index in [1.165, 1.54) is 37.0 Å². The molecule has 1 saturated carbocycles. The molecule has 1 aliphatic rings. The van der Waals surface area contributed by atoms with E-state index in [9.17, 15) is 4.79 Å². The number of amides is 1. The first-order valence-corrected chi connectivity index (χ1v) is 8.86. The summed E-state index contributed by atoms with van der Waals surface area (Å²) in [5, 5.41) is 7.67.